The summed E-state index contributed by atoms with van der Waals surface area (Å²) in [5.41, 5.74) is 7.48. The number of oxazole rings is 1. The molecule has 0 aliphatic heterocycles. The first-order chi connectivity index (χ1) is 15.2. The lowest BCUT2D eigenvalue weighted by atomic mass is 9.97. The van der Waals surface area contributed by atoms with E-state index in [1.807, 2.05) is 72.8 Å². The highest BCUT2D eigenvalue weighted by Gasteiger charge is 2.15. The van der Waals surface area contributed by atoms with E-state index >= 15 is 0 Å². The lowest BCUT2D eigenvalue weighted by Gasteiger charge is -2.07. The quantitative estimate of drug-likeness (QED) is 0.276. The van der Waals surface area contributed by atoms with Gasteiger partial charge in [-0.2, -0.15) is 0 Å². The number of halogens is 1. The lowest BCUT2D eigenvalue weighted by Crippen LogP contribution is -1.87. The molecule has 5 aromatic rings. The summed E-state index contributed by atoms with van der Waals surface area (Å²) in [5.74, 6) is 7.15. The summed E-state index contributed by atoms with van der Waals surface area (Å²) in [7, 11) is 0. The first kappa shape index (κ1) is 19.2. The highest BCUT2D eigenvalue weighted by molar-refractivity contribution is 6.30. The Morgan fingerprint density at radius 2 is 1.58 bits per heavy atom. The van der Waals surface area contributed by atoms with Gasteiger partial charge in [0.25, 0.3) is 0 Å². The van der Waals surface area contributed by atoms with E-state index in [-0.39, 0.29) is 0 Å². The fourth-order valence-corrected chi connectivity index (χ4v) is 3.80. The second-order valence-corrected chi connectivity index (χ2v) is 7.79. The van der Waals surface area contributed by atoms with Crippen LogP contribution in [0.3, 0.4) is 0 Å². The monoisotopic (exact) mass is 419 g/mol. The van der Waals surface area contributed by atoms with Crippen molar-refractivity contribution in [3.63, 3.8) is 0 Å². The minimum absolute atomic E-state index is 0.616. The van der Waals surface area contributed by atoms with Crippen LogP contribution in [0.2, 0.25) is 5.02 Å². The summed E-state index contributed by atoms with van der Waals surface area (Å²) in [6.07, 6.45) is 0. The molecule has 0 radical (unpaired) electrons. The molecule has 4 aromatic carbocycles. The van der Waals surface area contributed by atoms with E-state index in [9.17, 15) is 0 Å². The summed E-state index contributed by atoms with van der Waals surface area (Å²) < 4.78 is 6.25. The molecule has 0 atom stereocenters. The number of hydrogen-bond donors (Lipinski definition) is 0. The van der Waals surface area contributed by atoms with E-state index in [4.69, 9.17) is 21.0 Å². The van der Waals surface area contributed by atoms with Crippen LogP contribution in [0.25, 0.3) is 33.7 Å². The summed E-state index contributed by atoms with van der Waals surface area (Å²) in [4.78, 5) is 4.75. The van der Waals surface area contributed by atoms with Crippen LogP contribution in [-0.2, 0) is 0 Å². The minimum atomic E-state index is 0.616. The van der Waals surface area contributed by atoms with Gasteiger partial charge < -0.3 is 4.42 Å². The second kappa shape index (κ2) is 8.14. The van der Waals surface area contributed by atoms with Crippen molar-refractivity contribution in [3.05, 3.63) is 113 Å². The fraction of sp³-hybridized carbons (Fsp3) is 0.0357. The van der Waals surface area contributed by atoms with Gasteiger partial charge in [0.1, 0.15) is 5.52 Å². The molecule has 0 spiro atoms. The molecule has 5 rings (SSSR count). The normalized spacial score (nSPS) is 10.6. The molecule has 148 valence electrons. The van der Waals surface area contributed by atoms with Gasteiger partial charge in [-0.15, -0.1) is 0 Å². The SMILES string of the molecule is Cc1cc(-c2ccccc2C#Cc2cccc(Cl)c2)c2oc(-c3ccccc3)nc2c1. The van der Waals surface area contributed by atoms with Crippen LogP contribution in [0, 0.1) is 18.8 Å². The zero-order valence-electron chi connectivity index (χ0n) is 16.9. The molecule has 1 heterocycles. The predicted molar refractivity (Wildman–Crippen MR) is 127 cm³/mol. The maximum atomic E-state index is 6.25. The first-order valence-electron chi connectivity index (χ1n) is 10.0. The van der Waals surface area contributed by atoms with Crippen molar-refractivity contribution in [2.24, 2.45) is 0 Å². The molecular weight excluding hydrogens is 402 g/mol. The smallest absolute Gasteiger partial charge is 0.227 e. The molecule has 2 nitrogen and oxygen atoms in total. The Morgan fingerprint density at radius 3 is 2.42 bits per heavy atom. The van der Waals surface area contributed by atoms with Gasteiger partial charge >= 0.3 is 0 Å². The molecule has 0 fully saturated rings. The van der Waals surface area contributed by atoms with Gasteiger partial charge in [-0.05, 0) is 61.0 Å². The van der Waals surface area contributed by atoms with Crippen LogP contribution < -0.4 is 0 Å². The van der Waals surface area contributed by atoms with Gasteiger partial charge in [-0.25, -0.2) is 4.98 Å². The molecule has 3 heteroatoms. The van der Waals surface area contributed by atoms with Crippen molar-refractivity contribution in [1.82, 2.24) is 4.98 Å². The Hall–Kier alpha value is -3.80. The number of rotatable bonds is 2. The van der Waals surface area contributed by atoms with Gasteiger partial charge in [0.05, 0.1) is 0 Å². The number of hydrogen-bond acceptors (Lipinski definition) is 2. The fourth-order valence-electron chi connectivity index (χ4n) is 3.61. The molecule has 31 heavy (non-hydrogen) atoms. The third-order valence-corrected chi connectivity index (χ3v) is 5.27. The van der Waals surface area contributed by atoms with Crippen LogP contribution in [0.1, 0.15) is 16.7 Å². The van der Waals surface area contributed by atoms with Crippen LogP contribution in [0.15, 0.2) is 95.4 Å². The molecule has 1 aromatic heterocycles. The second-order valence-electron chi connectivity index (χ2n) is 7.35. The van der Waals surface area contributed by atoms with Crippen LogP contribution in [0.4, 0.5) is 0 Å². The van der Waals surface area contributed by atoms with Gasteiger partial charge in [0.15, 0.2) is 5.58 Å². The van der Waals surface area contributed by atoms with Crippen molar-refractivity contribution in [1.29, 1.82) is 0 Å². The van der Waals surface area contributed by atoms with Crippen LogP contribution >= 0.6 is 11.6 Å². The Bertz CT molecular complexity index is 1460. The largest absolute Gasteiger partial charge is 0.435 e. The zero-order chi connectivity index (χ0) is 21.2. The lowest BCUT2D eigenvalue weighted by molar-refractivity contribution is 0.620. The highest BCUT2D eigenvalue weighted by Crippen LogP contribution is 2.35. The van der Waals surface area contributed by atoms with Crippen molar-refractivity contribution in [2.75, 3.05) is 0 Å². The molecule has 0 aliphatic carbocycles. The predicted octanol–water partition coefficient (Wildman–Crippen LogP) is 7.52. The van der Waals surface area contributed by atoms with E-state index in [2.05, 4.69) is 37.0 Å². The topological polar surface area (TPSA) is 26.0 Å². The molecule has 0 N–H and O–H groups in total. The Kier molecular flexibility index (Phi) is 5.04. The maximum Gasteiger partial charge on any atom is 0.227 e. The number of fused-ring (bicyclic) bond motifs is 1. The zero-order valence-corrected chi connectivity index (χ0v) is 17.6. The van der Waals surface area contributed by atoms with E-state index in [0.717, 1.165) is 44.5 Å². The van der Waals surface area contributed by atoms with Crippen molar-refractivity contribution < 1.29 is 4.42 Å². The van der Waals surface area contributed by atoms with Crippen molar-refractivity contribution in [3.8, 4) is 34.4 Å². The van der Waals surface area contributed by atoms with Crippen LogP contribution in [0.5, 0.6) is 0 Å². The van der Waals surface area contributed by atoms with Gasteiger partial charge in [0, 0.05) is 32.8 Å². The molecular formula is C28H18ClNO. The van der Waals surface area contributed by atoms with E-state index in [0.29, 0.717) is 10.9 Å². The van der Waals surface area contributed by atoms with E-state index in [1.54, 1.807) is 0 Å². The molecule has 0 aliphatic rings. The number of aryl methyl sites for hydroxylation is 1. The average molecular weight is 420 g/mol. The van der Waals surface area contributed by atoms with Gasteiger partial charge in [-0.3, -0.25) is 0 Å². The first-order valence-corrected chi connectivity index (χ1v) is 10.4. The van der Waals surface area contributed by atoms with Crippen LogP contribution in [-0.4, -0.2) is 4.98 Å². The van der Waals surface area contributed by atoms with Gasteiger partial charge in [-0.1, -0.05) is 65.9 Å². The molecule has 0 bridgehead atoms. The minimum Gasteiger partial charge on any atom is -0.435 e. The van der Waals surface area contributed by atoms with E-state index < -0.39 is 0 Å². The van der Waals surface area contributed by atoms with E-state index in [1.165, 1.54) is 0 Å². The number of benzene rings is 4. The standard InChI is InChI=1S/C28H18ClNO/c1-19-16-25(27-26(17-19)30-28(31-27)22-10-3-2-4-11-22)24-13-6-5-9-21(24)15-14-20-8-7-12-23(29)18-20/h2-13,16-18H,1H3. The number of aromatic nitrogens is 1. The van der Waals surface area contributed by atoms with Crippen molar-refractivity contribution in [2.45, 2.75) is 6.92 Å². The molecule has 0 amide bonds. The number of nitrogens with zero attached hydrogens (tertiary/aromatic N) is 1. The molecule has 0 saturated heterocycles. The Balaban J connectivity index is 1.66. The summed E-state index contributed by atoms with van der Waals surface area (Å²) in [6, 6.07) is 29.8. The summed E-state index contributed by atoms with van der Waals surface area (Å²) >= 11 is 6.10. The average Bonchev–Trinajstić information content (AvgIpc) is 3.22. The molecule has 0 saturated carbocycles. The summed E-state index contributed by atoms with van der Waals surface area (Å²) in [6.45, 7) is 2.07. The maximum absolute atomic E-state index is 6.25. The van der Waals surface area contributed by atoms with Crippen molar-refractivity contribution >= 4 is 22.7 Å². The van der Waals surface area contributed by atoms with Gasteiger partial charge in [0.2, 0.25) is 5.89 Å². The Morgan fingerprint density at radius 1 is 0.774 bits per heavy atom. The summed E-state index contributed by atoms with van der Waals surface area (Å²) in [5, 5.41) is 0.676. The Labute approximate surface area is 186 Å². The highest BCUT2D eigenvalue weighted by atomic mass is 35.5. The third kappa shape index (κ3) is 3.97. The third-order valence-electron chi connectivity index (χ3n) is 5.04. The molecule has 0 unspecified atom stereocenters.